The summed E-state index contributed by atoms with van der Waals surface area (Å²) in [5.74, 6) is -0.176. The van der Waals surface area contributed by atoms with Crippen LogP contribution in [0.1, 0.15) is 25.3 Å². The maximum Gasteiger partial charge on any atom is 0.127 e. The summed E-state index contributed by atoms with van der Waals surface area (Å²) in [4.78, 5) is 0. The normalized spacial score (nSPS) is 12.9. The van der Waals surface area contributed by atoms with Crippen molar-refractivity contribution in [2.75, 3.05) is 0 Å². The number of rotatable bonds is 4. The topological polar surface area (TPSA) is 20.2 Å². The maximum absolute atomic E-state index is 13.3. The van der Waals surface area contributed by atoms with Gasteiger partial charge in [0.05, 0.1) is 6.10 Å². The number of aliphatic hydroxyl groups is 1. The summed E-state index contributed by atoms with van der Waals surface area (Å²) < 4.78 is 14.0. The molecule has 0 aromatic heterocycles. The number of aryl methyl sites for hydroxylation is 1. The maximum atomic E-state index is 13.3. The van der Waals surface area contributed by atoms with Gasteiger partial charge in [-0.1, -0.05) is 22.0 Å². The molecule has 1 aromatic carbocycles. The Morgan fingerprint density at radius 3 is 2.79 bits per heavy atom. The molecule has 78 valence electrons. The van der Waals surface area contributed by atoms with E-state index in [1.807, 2.05) is 6.07 Å². The summed E-state index contributed by atoms with van der Waals surface area (Å²) in [5.41, 5.74) is 0.717. The molecule has 0 saturated heterocycles. The van der Waals surface area contributed by atoms with Crippen LogP contribution in [0.4, 0.5) is 4.39 Å². The van der Waals surface area contributed by atoms with E-state index < -0.39 is 0 Å². The Morgan fingerprint density at radius 2 is 2.21 bits per heavy atom. The van der Waals surface area contributed by atoms with Crippen LogP contribution in [0.25, 0.3) is 0 Å². The highest BCUT2D eigenvalue weighted by Crippen LogP contribution is 2.17. The van der Waals surface area contributed by atoms with Crippen molar-refractivity contribution in [2.24, 2.45) is 0 Å². The van der Waals surface area contributed by atoms with E-state index in [-0.39, 0.29) is 11.9 Å². The molecule has 0 aliphatic rings. The predicted molar refractivity (Wildman–Crippen MR) is 58.7 cm³/mol. The molecule has 0 saturated carbocycles. The number of aliphatic hydroxyl groups excluding tert-OH is 1. The Hall–Kier alpha value is -0.410. The molecular weight excluding hydrogens is 247 g/mol. The standard InChI is InChI=1S/C11H14BrFO/c1-8(14)3-2-4-9-5-6-10(12)7-11(9)13/h5-8,14H,2-4H2,1H3. The van der Waals surface area contributed by atoms with Gasteiger partial charge in [0.1, 0.15) is 5.82 Å². The number of benzene rings is 1. The summed E-state index contributed by atoms with van der Waals surface area (Å²) in [7, 11) is 0. The van der Waals surface area contributed by atoms with Crippen LogP contribution in [0.2, 0.25) is 0 Å². The first-order chi connectivity index (χ1) is 6.59. The summed E-state index contributed by atoms with van der Waals surface area (Å²) in [6.07, 6.45) is 1.92. The van der Waals surface area contributed by atoms with Crippen molar-refractivity contribution in [3.63, 3.8) is 0 Å². The third-order valence-corrected chi connectivity index (χ3v) is 2.58. The second kappa shape index (κ2) is 5.47. The molecule has 0 aliphatic heterocycles. The smallest absolute Gasteiger partial charge is 0.127 e. The average Bonchev–Trinajstić information content (AvgIpc) is 2.08. The summed E-state index contributed by atoms with van der Waals surface area (Å²) in [6.45, 7) is 1.75. The van der Waals surface area contributed by atoms with Gasteiger partial charge in [0.25, 0.3) is 0 Å². The molecule has 3 heteroatoms. The van der Waals surface area contributed by atoms with Gasteiger partial charge >= 0.3 is 0 Å². The van der Waals surface area contributed by atoms with Gasteiger partial charge in [0.15, 0.2) is 0 Å². The minimum Gasteiger partial charge on any atom is -0.393 e. The quantitative estimate of drug-likeness (QED) is 0.881. The van der Waals surface area contributed by atoms with Crippen molar-refractivity contribution < 1.29 is 9.50 Å². The molecule has 1 aromatic rings. The van der Waals surface area contributed by atoms with Gasteiger partial charge in [-0.3, -0.25) is 0 Å². The van der Waals surface area contributed by atoms with Crippen molar-refractivity contribution in [3.05, 3.63) is 34.1 Å². The van der Waals surface area contributed by atoms with Gasteiger partial charge in [0.2, 0.25) is 0 Å². The molecule has 1 nitrogen and oxygen atoms in total. The molecule has 1 N–H and O–H groups in total. The Morgan fingerprint density at radius 1 is 1.50 bits per heavy atom. The molecule has 14 heavy (non-hydrogen) atoms. The van der Waals surface area contributed by atoms with Crippen LogP contribution in [0, 0.1) is 5.82 Å². The number of halogens is 2. The van der Waals surface area contributed by atoms with Crippen molar-refractivity contribution in [2.45, 2.75) is 32.3 Å². The second-order valence-corrected chi connectivity index (χ2v) is 4.39. The minimum absolute atomic E-state index is 0.176. The van der Waals surface area contributed by atoms with Crippen LogP contribution in [-0.4, -0.2) is 11.2 Å². The molecule has 0 amide bonds. The van der Waals surface area contributed by atoms with Crippen molar-refractivity contribution in [1.82, 2.24) is 0 Å². The first-order valence-corrected chi connectivity index (χ1v) is 5.51. The first-order valence-electron chi connectivity index (χ1n) is 4.71. The SMILES string of the molecule is CC(O)CCCc1ccc(Br)cc1F. The van der Waals surface area contributed by atoms with E-state index in [4.69, 9.17) is 5.11 Å². The average molecular weight is 261 g/mol. The van der Waals surface area contributed by atoms with E-state index in [2.05, 4.69) is 15.9 Å². The highest BCUT2D eigenvalue weighted by atomic mass is 79.9. The monoisotopic (exact) mass is 260 g/mol. The summed E-state index contributed by atoms with van der Waals surface area (Å²) in [5, 5.41) is 9.04. The zero-order valence-electron chi connectivity index (χ0n) is 8.13. The van der Waals surface area contributed by atoms with Gasteiger partial charge in [-0.15, -0.1) is 0 Å². The Balaban J connectivity index is 2.51. The van der Waals surface area contributed by atoms with Gasteiger partial charge in [-0.05, 0) is 43.9 Å². The highest BCUT2D eigenvalue weighted by Gasteiger charge is 2.03. The Bertz CT molecular complexity index is 299. The van der Waals surface area contributed by atoms with E-state index >= 15 is 0 Å². The molecule has 1 unspecified atom stereocenters. The molecule has 1 atom stereocenters. The fourth-order valence-electron chi connectivity index (χ4n) is 1.31. The van der Waals surface area contributed by atoms with Gasteiger partial charge in [-0.25, -0.2) is 4.39 Å². The predicted octanol–water partition coefficient (Wildman–Crippen LogP) is 3.29. The second-order valence-electron chi connectivity index (χ2n) is 3.48. The third kappa shape index (κ3) is 3.76. The number of hydrogen-bond donors (Lipinski definition) is 1. The van der Waals surface area contributed by atoms with Gasteiger partial charge in [0, 0.05) is 4.47 Å². The van der Waals surface area contributed by atoms with Gasteiger partial charge in [-0.2, -0.15) is 0 Å². The van der Waals surface area contributed by atoms with E-state index in [0.717, 1.165) is 17.3 Å². The van der Waals surface area contributed by atoms with E-state index in [9.17, 15) is 4.39 Å². The van der Waals surface area contributed by atoms with Crippen LogP contribution in [0.5, 0.6) is 0 Å². The molecule has 0 spiro atoms. The van der Waals surface area contributed by atoms with Crippen molar-refractivity contribution in [3.8, 4) is 0 Å². The highest BCUT2D eigenvalue weighted by molar-refractivity contribution is 9.10. The van der Waals surface area contributed by atoms with Crippen LogP contribution < -0.4 is 0 Å². The van der Waals surface area contributed by atoms with E-state index in [0.29, 0.717) is 12.0 Å². The van der Waals surface area contributed by atoms with Crippen molar-refractivity contribution in [1.29, 1.82) is 0 Å². The van der Waals surface area contributed by atoms with Crippen LogP contribution in [0.15, 0.2) is 22.7 Å². The molecule has 0 heterocycles. The molecular formula is C11H14BrFO. The van der Waals surface area contributed by atoms with Crippen LogP contribution >= 0.6 is 15.9 Å². The summed E-state index contributed by atoms with van der Waals surface area (Å²) >= 11 is 3.21. The molecule has 0 aliphatic carbocycles. The lowest BCUT2D eigenvalue weighted by Crippen LogP contribution is -2.00. The molecule has 1 rings (SSSR count). The van der Waals surface area contributed by atoms with Crippen molar-refractivity contribution >= 4 is 15.9 Å². The largest absolute Gasteiger partial charge is 0.393 e. The zero-order valence-corrected chi connectivity index (χ0v) is 9.72. The third-order valence-electron chi connectivity index (χ3n) is 2.08. The zero-order chi connectivity index (χ0) is 10.6. The van der Waals surface area contributed by atoms with E-state index in [1.54, 1.807) is 13.0 Å². The molecule has 0 fully saturated rings. The molecule has 0 bridgehead atoms. The van der Waals surface area contributed by atoms with Crippen LogP contribution in [-0.2, 0) is 6.42 Å². The Kier molecular flexibility index (Phi) is 4.55. The minimum atomic E-state index is -0.298. The molecule has 0 radical (unpaired) electrons. The summed E-state index contributed by atoms with van der Waals surface area (Å²) in [6, 6.07) is 5.08. The van der Waals surface area contributed by atoms with Gasteiger partial charge < -0.3 is 5.11 Å². The lowest BCUT2D eigenvalue weighted by atomic mass is 10.1. The fraction of sp³-hybridized carbons (Fsp3) is 0.455. The van der Waals surface area contributed by atoms with Crippen LogP contribution in [0.3, 0.4) is 0 Å². The Labute approximate surface area is 92.1 Å². The fourth-order valence-corrected chi connectivity index (χ4v) is 1.65. The lowest BCUT2D eigenvalue weighted by Gasteiger charge is -2.05. The number of hydrogen-bond acceptors (Lipinski definition) is 1. The van der Waals surface area contributed by atoms with E-state index in [1.165, 1.54) is 6.07 Å². The lowest BCUT2D eigenvalue weighted by molar-refractivity contribution is 0.181. The first kappa shape index (κ1) is 11.7.